The predicted molar refractivity (Wildman–Crippen MR) is 68.4 cm³/mol. The fourth-order valence-corrected chi connectivity index (χ4v) is 2.07. The Balaban J connectivity index is 1.89. The van der Waals surface area contributed by atoms with Gasteiger partial charge >= 0.3 is 0 Å². The number of nitrogens with zero attached hydrogens (tertiary/aromatic N) is 4. The Bertz CT molecular complexity index is 521. The lowest BCUT2D eigenvalue weighted by Gasteiger charge is -2.03. The van der Waals surface area contributed by atoms with Crippen molar-refractivity contribution in [3.8, 4) is 0 Å². The lowest BCUT2D eigenvalue weighted by molar-refractivity contribution is 0.0956. The molecule has 96 valence electrons. The Morgan fingerprint density at radius 1 is 1.61 bits per heavy atom. The maximum absolute atomic E-state index is 11.8. The molecule has 1 amide bonds. The number of hydrogen-bond donors (Lipinski definition) is 3. The molecule has 0 atom stereocenters. The molecule has 0 unspecified atom stereocenters. The van der Waals surface area contributed by atoms with Gasteiger partial charge in [-0.3, -0.25) is 9.48 Å². The number of rotatable bonds is 5. The zero-order valence-electron chi connectivity index (χ0n) is 9.75. The van der Waals surface area contributed by atoms with Crippen molar-refractivity contribution >= 4 is 28.2 Å². The second-order valence-corrected chi connectivity index (χ2v) is 4.40. The zero-order valence-corrected chi connectivity index (χ0v) is 10.6. The number of thiazole rings is 1. The minimum Gasteiger partial charge on any atom is -0.382 e. The second kappa shape index (κ2) is 5.45. The lowest BCUT2D eigenvalue weighted by Crippen LogP contribution is -2.27. The Kier molecular flexibility index (Phi) is 3.72. The van der Waals surface area contributed by atoms with Crippen LogP contribution in [-0.4, -0.2) is 39.5 Å². The molecule has 2 aromatic rings. The van der Waals surface area contributed by atoms with E-state index < -0.39 is 0 Å². The molecule has 0 radical (unpaired) electrons. The van der Waals surface area contributed by atoms with E-state index in [0.29, 0.717) is 23.1 Å². The first kappa shape index (κ1) is 12.3. The van der Waals surface area contributed by atoms with Crippen molar-refractivity contribution in [2.45, 2.75) is 6.54 Å². The van der Waals surface area contributed by atoms with Crippen molar-refractivity contribution in [1.29, 1.82) is 0 Å². The van der Waals surface area contributed by atoms with Crippen LogP contribution >= 0.6 is 11.3 Å². The van der Waals surface area contributed by atoms with Gasteiger partial charge in [-0.2, -0.15) is 0 Å². The van der Waals surface area contributed by atoms with E-state index in [4.69, 9.17) is 5.73 Å². The van der Waals surface area contributed by atoms with Crippen molar-refractivity contribution in [3.05, 3.63) is 17.3 Å². The number of anilines is 2. The highest BCUT2D eigenvalue weighted by molar-refractivity contribution is 7.18. The van der Waals surface area contributed by atoms with Gasteiger partial charge in [0.25, 0.3) is 5.91 Å². The SMILES string of the molecule is CNc1nc(N)c(C(=O)NCCn2ccnn2)s1. The van der Waals surface area contributed by atoms with E-state index in [1.54, 1.807) is 24.1 Å². The summed E-state index contributed by atoms with van der Waals surface area (Å²) in [6.45, 7) is 1.01. The first-order chi connectivity index (χ1) is 8.70. The lowest BCUT2D eigenvalue weighted by atomic mass is 10.4. The molecule has 2 rings (SSSR count). The summed E-state index contributed by atoms with van der Waals surface area (Å²) < 4.78 is 1.63. The second-order valence-electron chi connectivity index (χ2n) is 3.41. The van der Waals surface area contributed by atoms with Gasteiger partial charge in [0.2, 0.25) is 0 Å². The molecular weight excluding hydrogens is 254 g/mol. The van der Waals surface area contributed by atoms with Crippen molar-refractivity contribution in [1.82, 2.24) is 25.3 Å². The molecule has 4 N–H and O–H groups in total. The number of aromatic nitrogens is 4. The molecule has 2 heterocycles. The smallest absolute Gasteiger partial charge is 0.265 e. The van der Waals surface area contributed by atoms with Crippen LogP contribution in [0.25, 0.3) is 0 Å². The number of carbonyl (C=O) groups excluding carboxylic acids is 1. The molecule has 2 aromatic heterocycles. The monoisotopic (exact) mass is 267 g/mol. The van der Waals surface area contributed by atoms with Gasteiger partial charge in [0, 0.05) is 19.8 Å². The Labute approximate surface area is 107 Å². The third-order valence-electron chi connectivity index (χ3n) is 2.17. The first-order valence-corrected chi connectivity index (χ1v) is 6.08. The highest BCUT2D eigenvalue weighted by Gasteiger charge is 2.15. The number of nitrogen functional groups attached to an aromatic ring is 1. The van der Waals surface area contributed by atoms with Crippen LogP contribution < -0.4 is 16.4 Å². The Morgan fingerprint density at radius 2 is 2.44 bits per heavy atom. The molecule has 0 aliphatic carbocycles. The maximum Gasteiger partial charge on any atom is 0.265 e. The average Bonchev–Trinajstić information content (AvgIpc) is 2.98. The topological polar surface area (TPSA) is 111 Å². The number of carbonyl (C=O) groups is 1. The van der Waals surface area contributed by atoms with Crippen molar-refractivity contribution in [2.24, 2.45) is 0 Å². The summed E-state index contributed by atoms with van der Waals surface area (Å²) in [5, 5.41) is 13.7. The minimum atomic E-state index is -0.230. The fraction of sp³-hybridized carbons (Fsp3) is 0.333. The van der Waals surface area contributed by atoms with Crippen molar-refractivity contribution in [3.63, 3.8) is 0 Å². The molecule has 0 aliphatic rings. The molecule has 0 saturated heterocycles. The van der Waals surface area contributed by atoms with Gasteiger partial charge in [-0.25, -0.2) is 4.98 Å². The molecule has 8 nitrogen and oxygen atoms in total. The molecule has 0 spiro atoms. The van der Waals surface area contributed by atoms with E-state index in [1.165, 1.54) is 11.3 Å². The van der Waals surface area contributed by atoms with E-state index in [-0.39, 0.29) is 11.7 Å². The van der Waals surface area contributed by atoms with Crippen LogP contribution in [0, 0.1) is 0 Å². The van der Waals surface area contributed by atoms with Crippen molar-refractivity contribution in [2.75, 3.05) is 24.6 Å². The summed E-state index contributed by atoms with van der Waals surface area (Å²) in [6, 6.07) is 0. The van der Waals surface area contributed by atoms with E-state index in [1.807, 2.05) is 0 Å². The Hall–Kier alpha value is -2.16. The van der Waals surface area contributed by atoms with E-state index >= 15 is 0 Å². The summed E-state index contributed by atoms with van der Waals surface area (Å²) in [4.78, 5) is 16.2. The predicted octanol–water partition coefficient (Wildman–Crippen LogP) is -0.212. The molecular formula is C9H13N7OS. The molecule has 0 aromatic carbocycles. The highest BCUT2D eigenvalue weighted by Crippen LogP contribution is 2.23. The van der Waals surface area contributed by atoms with Crippen LogP contribution in [0.15, 0.2) is 12.4 Å². The van der Waals surface area contributed by atoms with Crippen LogP contribution in [0.3, 0.4) is 0 Å². The third-order valence-corrected chi connectivity index (χ3v) is 3.26. The minimum absolute atomic E-state index is 0.230. The van der Waals surface area contributed by atoms with Crippen LogP contribution in [0.4, 0.5) is 10.9 Å². The van der Waals surface area contributed by atoms with Gasteiger partial charge < -0.3 is 16.4 Å². The van der Waals surface area contributed by atoms with E-state index in [9.17, 15) is 4.79 Å². The Morgan fingerprint density at radius 3 is 3.06 bits per heavy atom. The largest absolute Gasteiger partial charge is 0.382 e. The van der Waals surface area contributed by atoms with Crippen LogP contribution in [0.2, 0.25) is 0 Å². The van der Waals surface area contributed by atoms with Crippen LogP contribution in [0.5, 0.6) is 0 Å². The summed E-state index contributed by atoms with van der Waals surface area (Å²) in [6.07, 6.45) is 3.31. The summed E-state index contributed by atoms with van der Waals surface area (Å²) in [5.74, 6) is 0.00854. The summed E-state index contributed by atoms with van der Waals surface area (Å²) >= 11 is 1.22. The number of amides is 1. The third kappa shape index (κ3) is 2.74. The number of nitrogens with one attached hydrogen (secondary N) is 2. The van der Waals surface area contributed by atoms with Crippen molar-refractivity contribution < 1.29 is 4.79 Å². The average molecular weight is 267 g/mol. The summed E-state index contributed by atoms with van der Waals surface area (Å²) in [5.41, 5.74) is 5.66. The molecule has 9 heteroatoms. The van der Waals surface area contributed by atoms with Gasteiger partial charge in [0.15, 0.2) is 5.13 Å². The van der Waals surface area contributed by atoms with Gasteiger partial charge in [-0.15, -0.1) is 5.10 Å². The summed E-state index contributed by atoms with van der Waals surface area (Å²) in [7, 11) is 1.73. The maximum atomic E-state index is 11.8. The highest BCUT2D eigenvalue weighted by atomic mass is 32.1. The van der Waals surface area contributed by atoms with Gasteiger partial charge in [-0.05, 0) is 0 Å². The van der Waals surface area contributed by atoms with E-state index in [0.717, 1.165) is 0 Å². The molecule has 0 saturated carbocycles. The standard InChI is InChI=1S/C9H13N7OS/c1-11-9-14-7(10)6(18-9)8(17)12-2-4-16-5-3-13-15-16/h3,5H,2,4,10H2,1H3,(H,11,14)(H,12,17). The molecule has 0 bridgehead atoms. The van der Waals surface area contributed by atoms with Gasteiger partial charge in [0.1, 0.15) is 10.7 Å². The van der Waals surface area contributed by atoms with Gasteiger partial charge in [0.05, 0.1) is 12.7 Å². The fourth-order valence-electron chi connectivity index (χ4n) is 1.32. The van der Waals surface area contributed by atoms with Crippen LogP contribution in [-0.2, 0) is 6.54 Å². The first-order valence-electron chi connectivity index (χ1n) is 5.27. The zero-order chi connectivity index (χ0) is 13.0. The van der Waals surface area contributed by atoms with E-state index in [2.05, 4.69) is 25.9 Å². The molecule has 18 heavy (non-hydrogen) atoms. The van der Waals surface area contributed by atoms with Gasteiger partial charge in [-0.1, -0.05) is 16.6 Å². The van der Waals surface area contributed by atoms with Crippen LogP contribution in [0.1, 0.15) is 9.67 Å². The quantitative estimate of drug-likeness (QED) is 0.691. The number of hydrogen-bond acceptors (Lipinski definition) is 7. The molecule has 0 aliphatic heterocycles. The number of nitrogens with two attached hydrogens (primary N) is 1. The molecule has 0 fully saturated rings. The normalized spacial score (nSPS) is 10.3.